The van der Waals surface area contributed by atoms with Gasteiger partial charge < -0.3 is 19.3 Å². The summed E-state index contributed by atoms with van der Waals surface area (Å²) in [6.45, 7) is 16.6. The normalized spacial score (nSPS) is 12.1. The van der Waals surface area contributed by atoms with E-state index in [4.69, 9.17) is 9.47 Å². The third-order valence-corrected chi connectivity index (χ3v) is 8.68. The summed E-state index contributed by atoms with van der Waals surface area (Å²) in [6.07, 6.45) is 19.9. The zero-order valence-corrected chi connectivity index (χ0v) is 30.0. The molecule has 0 aromatic carbocycles. The molecule has 0 saturated carbocycles. The van der Waals surface area contributed by atoms with Crippen LogP contribution in [0.25, 0.3) is 0 Å². The number of unbranched alkanes of at least 4 members (excludes halogenated alkanes) is 11. The van der Waals surface area contributed by atoms with Crippen molar-refractivity contribution in [1.82, 2.24) is 9.80 Å². The number of amides is 1. The van der Waals surface area contributed by atoms with E-state index in [1.807, 2.05) is 0 Å². The van der Waals surface area contributed by atoms with Gasteiger partial charge in [-0.25, -0.2) is 0 Å². The van der Waals surface area contributed by atoms with Crippen LogP contribution >= 0.6 is 0 Å². The second-order valence-corrected chi connectivity index (χ2v) is 13.0. The van der Waals surface area contributed by atoms with Gasteiger partial charge in [0.2, 0.25) is 5.91 Å². The Bertz CT molecular complexity index is 695. The van der Waals surface area contributed by atoms with E-state index in [9.17, 15) is 14.4 Å². The predicted molar refractivity (Wildman–Crippen MR) is 184 cm³/mol. The molecule has 0 fully saturated rings. The molecule has 0 heterocycles. The van der Waals surface area contributed by atoms with Crippen molar-refractivity contribution in [1.29, 1.82) is 0 Å². The molecule has 0 spiro atoms. The van der Waals surface area contributed by atoms with Gasteiger partial charge >= 0.3 is 11.9 Å². The van der Waals surface area contributed by atoms with Crippen molar-refractivity contribution >= 4 is 17.8 Å². The van der Waals surface area contributed by atoms with E-state index in [1.54, 1.807) is 4.90 Å². The number of hydrogen-bond donors (Lipinski definition) is 0. The van der Waals surface area contributed by atoms with Gasteiger partial charge in [-0.05, 0) is 38.3 Å². The largest absolute Gasteiger partial charge is 0.464 e. The maximum absolute atomic E-state index is 13.2. The highest BCUT2D eigenvalue weighted by Gasteiger charge is 2.21. The van der Waals surface area contributed by atoms with E-state index in [-0.39, 0.29) is 37.0 Å². The lowest BCUT2D eigenvalue weighted by Gasteiger charge is -2.25. The van der Waals surface area contributed by atoms with Crippen molar-refractivity contribution in [2.75, 3.05) is 45.9 Å². The number of ether oxygens (including phenoxy) is 2. The first-order chi connectivity index (χ1) is 21.3. The summed E-state index contributed by atoms with van der Waals surface area (Å²) in [5.41, 5.74) is 0. The summed E-state index contributed by atoms with van der Waals surface area (Å²) in [4.78, 5) is 42.5. The molecule has 7 nitrogen and oxygen atoms in total. The van der Waals surface area contributed by atoms with Crippen LogP contribution in [0.1, 0.15) is 164 Å². The van der Waals surface area contributed by atoms with Gasteiger partial charge in [-0.1, -0.05) is 131 Å². The molecule has 0 aromatic heterocycles. The molecule has 1 amide bonds. The Kier molecular flexibility index (Phi) is 28.9. The Labute approximate surface area is 272 Å². The fourth-order valence-electron chi connectivity index (χ4n) is 5.57. The van der Waals surface area contributed by atoms with E-state index in [2.05, 4.69) is 46.4 Å². The summed E-state index contributed by atoms with van der Waals surface area (Å²) < 4.78 is 11.3. The summed E-state index contributed by atoms with van der Waals surface area (Å²) in [7, 11) is 0. The molecule has 7 heteroatoms. The average molecular weight is 625 g/mol. The van der Waals surface area contributed by atoms with Crippen LogP contribution in [0.5, 0.6) is 0 Å². The summed E-state index contributed by atoms with van der Waals surface area (Å²) in [5, 5.41) is 0. The Morgan fingerprint density at radius 3 is 1.64 bits per heavy atom. The molecule has 0 N–H and O–H groups in total. The van der Waals surface area contributed by atoms with Gasteiger partial charge in [-0.15, -0.1) is 0 Å². The smallest absolute Gasteiger partial charge is 0.308 e. The van der Waals surface area contributed by atoms with Gasteiger partial charge in [-0.2, -0.15) is 0 Å². The number of esters is 2. The molecule has 0 bridgehead atoms. The maximum atomic E-state index is 13.2. The fourth-order valence-corrected chi connectivity index (χ4v) is 5.57. The number of carbonyl (C=O) groups is 3. The Morgan fingerprint density at radius 1 is 0.568 bits per heavy atom. The van der Waals surface area contributed by atoms with Crippen LogP contribution in [0.3, 0.4) is 0 Å². The molecule has 0 aliphatic rings. The van der Waals surface area contributed by atoms with Crippen LogP contribution in [0, 0.1) is 11.8 Å². The van der Waals surface area contributed by atoms with Crippen LogP contribution in [-0.2, 0) is 23.9 Å². The second kappa shape index (κ2) is 30.0. The fraction of sp³-hybridized carbons (Fsp3) is 0.919. The predicted octanol–water partition coefficient (Wildman–Crippen LogP) is 8.97. The van der Waals surface area contributed by atoms with Gasteiger partial charge in [-0.3, -0.25) is 14.4 Å². The highest BCUT2D eigenvalue weighted by Crippen LogP contribution is 2.20. The minimum absolute atomic E-state index is 0.0114. The summed E-state index contributed by atoms with van der Waals surface area (Å²) in [6, 6.07) is 0. The molecule has 0 rings (SSSR count). The Hall–Kier alpha value is -1.63. The maximum Gasteiger partial charge on any atom is 0.308 e. The topological polar surface area (TPSA) is 76.1 Å². The van der Waals surface area contributed by atoms with Gasteiger partial charge in [0, 0.05) is 19.4 Å². The van der Waals surface area contributed by atoms with Crippen LogP contribution in [-0.4, -0.2) is 73.6 Å². The lowest BCUT2D eigenvalue weighted by Crippen LogP contribution is -2.39. The van der Waals surface area contributed by atoms with Gasteiger partial charge in [0.25, 0.3) is 0 Å². The van der Waals surface area contributed by atoms with Crippen LogP contribution < -0.4 is 0 Å². The molecule has 260 valence electrons. The van der Waals surface area contributed by atoms with Gasteiger partial charge in [0.15, 0.2) is 0 Å². The van der Waals surface area contributed by atoms with E-state index < -0.39 is 0 Å². The molecule has 0 aromatic rings. The quantitative estimate of drug-likeness (QED) is 0.0566. The van der Waals surface area contributed by atoms with E-state index in [0.29, 0.717) is 32.5 Å². The zero-order chi connectivity index (χ0) is 32.8. The molecule has 0 radical (unpaired) electrons. The number of nitrogens with zero attached hydrogens (tertiary/aromatic N) is 2. The molecular weight excluding hydrogens is 552 g/mol. The van der Waals surface area contributed by atoms with Crippen LogP contribution in [0.4, 0.5) is 0 Å². The summed E-state index contributed by atoms with van der Waals surface area (Å²) >= 11 is 0. The monoisotopic (exact) mass is 625 g/mol. The SMILES string of the molecule is CCCCCCCCC(CCCCCC)C(=O)OCCN(CCOC(=O)CCCCCCC(C)C)C(=O)CCN(CC)CC. The van der Waals surface area contributed by atoms with Crippen LogP contribution in [0.15, 0.2) is 0 Å². The van der Waals surface area contributed by atoms with Crippen molar-refractivity contribution in [3.63, 3.8) is 0 Å². The number of rotatable bonds is 31. The third kappa shape index (κ3) is 24.7. The minimum atomic E-state index is -0.198. The van der Waals surface area contributed by atoms with E-state index >= 15 is 0 Å². The molecule has 0 aliphatic heterocycles. The summed E-state index contributed by atoms with van der Waals surface area (Å²) in [5.74, 6) is 0.360. The van der Waals surface area contributed by atoms with Gasteiger partial charge in [0.05, 0.1) is 19.0 Å². The van der Waals surface area contributed by atoms with E-state index in [1.165, 1.54) is 57.8 Å². The second-order valence-electron chi connectivity index (χ2n) is 13.0. The first-order valence-corrected chi connectivity index (χ1v) is 18.6. The van der Waals surface area contributed by atoms with Crippen molar-refractivity contribution in [2.45, 2.75) is 164 Å². The van der Waals surface area contributed by atoms with Crippen LogP contribution in [0.2, 0.25) is 0 Å². The zero-order valence-electron chi connectivity index (χ0n) is 30.0. The Balaban J connectivity index is 4.86. The first kappa shape index (κ1) is 42.4. The molecule has 1 unspecified atom stereocenters. The molecule has 44 heavy (non-hydrogen) atoms. The number of carbonyl (C=O) groups excluding carboxylic acids is 3. The molecular formula is C37H72N2O5. The first-order valence-electron chi connectivity index (χ1n) is 18.6. The van der Waals surface area contributed by atoms with Crippen molar-refractivity contribution in [2.24, 2.45) is 11.8 Å². The highest BCUT2D eigenvalue weighted by molar-refractivity contribution is 5.76. The Morgan fingerprint density at radius 2 is 1.07 bits per heavy atom. The molecule has 0 saturated heterocycles. The lowest BCUT2D eigenvalue weighted by molar-refractivity contribution is -0.151. The minimum Gasteiger partial charge on any atom is -0.464 e. The van der Waals surface area contributed by atoms with Crippen molar-refractivity contribution in [3.8, 4) is 0 Å². The third-order valence-electron chi connectivity index (χ3n) is 8.68. The van der Waals surface area contributed by atoms with Gasteiger partial charge in [0.1, 0.15) is 13.2 Å². The average Bonchev–Trinajstić information content (AvgIpc) is 3.00. The highest BCUT2D eigenvalue weighted by atomic mass is 16.5. The molecule has 0 aliphatic carbocycles. The van der Waals surface area contributed by atoms with Crippen molar-refractivity contribution in [3.05, 3.63) is 0 Å². The van der Waals surface area contributed by atoms with E-state index in [0.717, 1.165) is 70.4 Å². The lowest BCUT2D eigenvalue weighted by atomic mass is 9.94. The standard InChI is InChI=1S/C37H72N2O5/c1-7-11-13-15-16-21-25-34(24-20-14-12-8-2)37(42)44-32-30-39(35(40)27-28-38(9-3)10-4)29-31-43-36(41)26-22-18-17-19-23-33(5)6/h33-34H,7-32H2,1-6H3. The molecule has 1 atom stereocenters. The number of hydrogen-bond acceptors (Lipinski definition) is 6. The van der Waals surface area contributed by atoms with Crippen molar-refractivity contribution < 1.29 is 23.9 Å².